The van der Waals surface area contributed by atoms with Gasteiger partial charge in [-0.25, -0.2) is 26.4 Å². The van der Waals surface area contributed by atoms with E-state index in [1.807, 2.05) is 6.92 Å². The second-order valence-corrected chi connectivity index (χ2v) is 11.9. The van der Waals surface area contributed by atoms with Crippen LogP contribution in [0.2, 0.25) is 0 Å². The van der Waals surface area contributed by atoms with Crippen LogP contribution in [0.25, 0.3) is 16.5 Å². The number of carbonyl (C=O) groups excluding carboxylic acids is 2. The number of ether oxygens (including phenoxy) is 2. The van der Waals surface area contributed by atoms with E-state index in [1.165, 1.54) is 35.2 Å². The maximum absolute atomic E-state index is 15.3. The number of hydrogen-bond donors (Lipinski definition) is 0. The van der Waals surface area contributed by atoms with Crippen LogP contribution in [-0.2, 0) is 19.5 Å². The molecule has 202 valence electrons. The standard InChI is InChI=1S/C28H31FN2O6S/c1-6-36-26(32)25-16-20-15-23(29)22(19-11-13-30(14-12-19)27(33)37-28(3,4)5)17-24(20)31(25)38(34,35)21-9-7-18(2)8-10-21/h7-11,15-17H,6,12-14H2,1-5H3. The van der Waals surface area contributed by atoms with Gasteiger partial charge in [0.15, 0.2) is 0 Å². The summed E-state index contributed by atoms with van der Waals surface area (Å²) in [6.45, 7) is 9.38. The summed E-state index contributed by atoms with van der Waals surface area (Å²) in [5.74, 6) is -1.39. The van der Waals surface area contributed by atoms with E-state index in [0.29, 0.717) is 18.5 Å². The predicted octanol–water partition coefficient (Wildman–Crippen LogP) is 5.53. The smallest absolute Gasteiger partial charge is 0.410 e. The number of benzene rings is 2. The molecule has 1 aliphatic heterocycles. The van der Waals surface area contributed by atoms with E-state index < -0.39 is 33.5 Å². The molecule has 1 amide bonds. The monoisotopic (exact) mass is 542 g/mol. The molecule has 0 aliphatic carbocycles. The zero-order valence-corrected chi connectivity index (χ0v) is 22.9. The number of esters is 1. The lowest BCUT2D eigenvalue weighted by molar-refractivity contribution is 0.0270. The quantitative estimate of drug-likeness (QED) is 0.394. The lowest BCUT2D eigenvalue weighted by atomic mass is 9.98. The maximum Gasteiger partial charge on any atom is 0.410 e. The Kier molecular flexibility index (Phi) is 7.38. The Bertz CT molecular complexity index is 1530. The Labute approximate surface area is 221 Å². The fourth-order valence-electron chi connectivity index (χ4n) is 4.28. The zero-order valence-electron chi connectivity index (χ0n) is 22.1. The maximum atomic E-state index is 15.3. The first kappa shape index (κ1) is 27.4. The molecule has 0 saturated heterocycles. The third-order valence-electron chi connectivity index (χ3n) is 6.10. The van der Waals surface area contributed by atoms with Crippen molar-refractivity contribution in [1.82, 2.24) is 8.87 Å². The van der Waals surface area contributed by atoms with E-state index in [1.54, 1.807) is 45.9 Å². The first-order chi connectivity index (χ1) is 17.8. The zero-order chi connectivity index (χ0) is 27.8. The summed E-state index contributed by atoms with van der Waals surface area (Å²) in [6.07, 6.45) is 1.62. The van der Waals surface area contributed by atoms with Crippen LogP contribution in [0.4, 0.5) is 9.18 Å². The molecule has 0 bridgehead atoms. The third kappa shape index (κ3) is 5.45. The normalized spacial score (nSPS) is 14.4. The molecule has 1 aliphatic rings. The van der Waals surface area contributed by atoms with Crippen molar-refractivity contribution in [3.63, 3.8) is 0 Å². The molecular weight excluding hydrogens is 511 g/mol. The molecular formula is C28H31FN2O6S. The minimum Gasteiger partial charge on any atom is -0.461 e. The van der Waals surface area contributed by atoms with Gasteiger partial charge in [-0.1, -0.05) is 23.8 Å². The van der Waals surface area contributed by atoms with Crippen LogP contribution < -0.4 is 0 Å². The molecule has 0 N–H and O–H groups in total. The van der Waals surface area contributed by atoms with Crippen LogP contribution in [0.5, 0.6) is 0 Å². The molecule has 10 heteroatoms. The van der Waals surface area contributed by atoms with Gasteiger partial charge in [0.2, 0.25) is 0 Å². The van der Waals surface area contributed by atoms with Crippen molar-refractivity contribution in [3.8, 4) is 0 Å². The minimum absolute atomic E-state index is 0.0121. The average molecular weight is 543 g/mol. The number of rotatable bonds is 5. The molecule has 38 heavy (non-hydrogen) atoms. The van der Waals surface area contributed by atoms with Crippen LogP contribution in [-0.4, -0.2) is 54.7 Å². The van der Waals surface area contributed by atoms with E-state index in [0.717, 1.165) is 9.54 Å². The lowest BCUT2D eigenvalue weighted by Gasteiger charge is -2.29. The lowest BCUT2D eigenvalue weighted by Crippen LogP contribution is -2.39. The van der Waals surface area contributed by atoms with E-state index in [9.17, 15) is 18.0 Å². The van der Waals surface area contributed by atoms with Crippen LogP contribution >= 0.6 is 0 Å². The summed E-state index contributed by atoms with van der Waals surface area (Å²) < 4.78 is 54.3. The second-order valence-electron chi connectivity index (χ2n) is 10.1. The van der Waals surface area contributed by atoms with Crippen molar-refractivity contribution in [2.45, 2.75) is 51.5 Å². The predicted molar refractivity (Wildman–Crippen MR) is 142 cm³/mol. The first-order valence-corrected chi connectivity index (χ1v) is 13.8. The van der Waals surface area contributed by atoms with Crippen molar-refractivity contribution < 1.29 is 31.9 Å². The summed E-state index contributed by atoms with van der Waals surface area (Å²) in [6, 6.07) is 10.2. The van der Waals surface area contributed by atoms with Crippen molar-refractivity contribution >= 4 is 38.6 Å². The van der Waals surface area contributed by atoms with Crippen molar-refractivity contribution in [1.29, 1.82) is 0 Å². The number of aryl methyl sites for hydroxylation is 1. The van der Waals surface area contributed by atoms with Crippen LogP contribution in [0, 0.1) is 12.7 Å². The van der Waals surface area contributed by atoms with Gasteiger partial charge < -0.3 is 14.4 Å². The van der Waals surface area contributed by atoms with E-state index in [2.05, 4.69) is 0 Å². The Balaban J connectivity index is 1.81. The van der Waals surface area contributed by atoms with Gasteiger partial charge in [0.05, 0.1) is 17.0 Å². The van der Waals surface area contributed by atoms with E-state index in [4.69, 9.17) is 9.47 Å². The summed E-state index contributed by atoms with van der Waals surface area (Å²) in [5.41, 5.74) is 1.01. The molecule has 0 saturated carbocycles. The largest absolute Gasteiger partial charge is 0.461 e. The van der Waals surface area contributed by atoms with Gasteiger partial charge in [0.25, 0.3) is 10.0 Å². The summed E-state index contributed by atoms with van der Waals surface area (Å²) in [7, 11) is -4.23. The number of amides is 1. The minimum atomic E-state index is -4.23. The van der Waals surface area contributed by atoms with Gasteiger partial charge in [0.1, 0.15) is 17.1 Å². The Morgan fingerprint density at radius 1 is 1.08 bits per heavy atom. The average Bonchev–Trinajstić information content (AvgIpc) is 3.22. The SMILES string of the molecule is CCOC(=O)c1cc2cc(F)c(C3=CCN(C(=O)OC(C)(C)C)CC3)cc2n1S(=O)(=O)c1ccc(C)cc1. The number of carbonyl (C=O) groups is 2. The molecule has 4 rings (SSSR count). The molecule has 0 radical (unpaired) electrons. The summed E-state index contributed by atoms with van der Waals surface area (Å²) in [4.78, 5) is 26.7. The number of aromatic nitrogens is 1. The number of fused-ring (bicyclic) bond motifs is 1. The van der Waals surface area contributed by atoms with E-state index >= 15 is 4.39 Å². The van der Waals surface area contributed by atoms with E-state index in [-0.39, 0.29) is 40.2 Å². The number of nitrogens with zero attached hydrogens (tertiary/aromatic N) is 2. The third-order valence-corrected chi connectivity index (χ3v) is 7.84. The van der Waals surface area contributed by atoms with Gasteiger partial charge in [-0.05, 0) is 76.9 Å². The Hall–Kier alpha value is -3.66. The molecule has 3 aromatic rings. The highest BCUT2D eigenvalue weighted by molar-refractivity contribution is 7.90. The van der Waals surface area contributed by atoms with Crippen LogP contribution in [0.1, 0.15) is 55.7 Å². The fourth-order valence-corrected chi connectivity index (χ4v) is 5.77. The van der Waals surface area contributed by atoms with Crippen LogP contribution in [0.3, 0.4) is 0 Å². The highest BCUT2D eigenvalue weighted by Crippen LogP contribution is 2.33. The molecule has 0 spiro atoms. The molecule has 1 aromatic heterocycles. The Morgan fingerprint density at radius 3 is 2.34 bits per heavy atom. The van der Waals surface area contributed by atoms with Gasteiger partial charge in [-0.2, -0.15) is 0 Å². The van der Waals surface area contributed by atoms with Gasteiger partial charge in [0, 0.05) is 24.0 Å². The molecule has 2 heterocycles. The van der Waals surface area contributed by atoms with Gasteiger partial charge in [-0.3, -0.25) is 0 Å². The van der Waals surface area contributed by atoms with Crippen molar-refractivity contribution in [3.05, 3.63) is 71.2 Å². The molecule has 0 unspecified atom stereocenters. The van der Waals surface area contributed by atoms with Gasteiger partial charge in [-0.15, -0.1) is 0 Å². The number of hydrogen-bond acceptors (Lipinski definition) is 6. The highest BCUT2D eigenvalue weighted by atomic mass is 32.2. The first-order valence-electron chi connectivity index (χ1n) is 12.3. The molecule has 2 aromatic carbocycles. The Morgan fingerprint density at radius 2 is 1.76 bits per heavy atom. The molecule has 8 nitrogen and oxygen atoms in total. The van der Waals surface area contributed by atoms with Crippen molar-refractivity contribution in [2.75, 3.05) is 19.7 Å². The summed E-state index contributed by atoms with van der Waals surface area (Å²) in [5, 5.41) is 0.247. The van der Waals surface area contributed by atoms with Crippen LogP contribution in [0.15, 0.2) is 53.4 Å². The fraction of sp³-hybridized carbons (Fsp3) is 0.357. The molecule has 0 atom stereocenters. The highest BCUT2D eigenvalue weighted by Gasteiger charge is 2.29. The van der Waals surface area contributed by atoms with Gasteiger partial charge >= 0.3 is 12.1 Å². The topological polar surface area (TPSA) is 94.9 Å². The number of halogens is 1. The summed E-state index contributed by atoms with van der Waals surface area (Å²) >= 11 is 0. The molecule has 0 fully saturated rings. The second kappa shape index (κ2) is 10.2. The van der Waals surface area contributed by atoms with Crippen molar-refractivity contribution in [2.24, 2.45) is 0 Å².